The van der Waals surface area contributed by atoms with E-state index in [0.717, 1.165) is 24.3 Å². The SMILES string of the molecule is CCOc1ccc(NC(=O)Nc2nc3c(s2)C(=O)NCCC3)cc1. The predicted octanol–water partition coefficient (Wildman–Crippen LogP) is 2.86. The molecule has 3 N–H and O–H groups in total. The van der Waals surface area contributed by atoms with E-state index < -0.39 is 6.03 Å². The number of nitrogens with one attached hydrogen (secondary N) is 3. The van der Waals surface area contributed by atoms with Gasteiger partial charge in [0.2, 0.25) is 0 Å². The summed E-state index contributed by atoms with van der Waals surface area (Å²) in [5.74, 6) is 0.623. The molecule has 3 rings (SSSR count). The van der Waals surface area contributed by atoms with Crippen molar-refractivity contribution in [2.75, 3.05) is 23.8 Å². The third kappa shape index (κ3) is 3.83. The van der Waals surface area contributed by atoms with Gasteiger partial charge in [-0.1, -0.05) is 11.3 Å². The summed E-state index contributed by atoms with van der Waals surface area (Å²) in [6.07, 6.45) is 1.58. The Balaban J connectivity index is 1.63. The minimum absolute atomic E-state index is 0.125. The van der Waals surface area contributed by atoms with Crippen LogP contribution in [0.4, 0.5) is 15.6 Å². The number of rotatable bonds is 4. The van der Waals surface area contributed by atoms with Crippen molar-refractivity contribution in [3.8, 4) is 5.75 Å². The molecule has 0 unspecified atom stereocenters. The van der Waals surface area contributed by atoms with Crippen LogP contribution in [-0.4, -0.2) is 30.1 Å². The number of nitrogens with zero attached hydrogens (tertiary/aromatic N) is 1. The summed E-state index contributed by atoms with van der Waals surface area (Å²) in [6.45, 7) is 3.16. The number of aryl methyl sites for hydroxylation is 1. The van der Waals surface area contributed by atoms with Gasteiger partial charge in [0.05, 0.1) is 12.3 Å². The van der Waals surface area contributed by atoms with Crippen molar-refractivity contribution in [3.05, 3.63) is 34.8 Å². The van der Waals surface area contributed by atoms with E-state index in [1.807, 2.05) is 6.92 Å². The van der Waals surface area contributed by atoms with Crippen molar-refractivity contribution in [3.63, 3.8) is 0 Å². The highest BCUT2D eigenvalue weighted by Gasteiger charge is 2.21. The summed E-state index contributed by atoms with van der Waals surface area (Å²) < 4.78 is 5.35. The maximum atomic E-state index is 12.1. The maximum absolute atomic E-state index is 12.1. The molecule has 0 bridgehead atoms. The van der Waals surface area contributed by atoms with Crippen LogP contribution in [0.25, 0.3) is 0 Å². The lowest BCUT2D eigenvalue weighted by atomic mass is 10.2. The summed E-state index contributed by atoms with van der Waals surface area (Å²) in [7, 11) is 0. The lowest BCUT2D eigenvalue weighted by Gasteiger charge is -2.07. The Hall–Kier alpha value is -2.61. The number of carbonyl (C=O) groups is 2. The first kappa shape index (κ1) is 16.3. The molecule has 0 radical (unpaired) electrons. The first-order valence-corrected chi connectivity index (χ1v) is 8.56. The van der Waals surface area contributed by atoms with Gasteiger partial charge in [-0.05, 0) is 44.0 Å². The third-order valence-electron chi connectivity index (χ3n) is 3.42. The molecule has 24 heavy (non-hydrogen) atoms. The average molecular weight is 346 g/mol. The van der Waals surface area contributed by atoms with Gasteiger partial charge >= 0.3 is 6.03 Å². The highest BCUT2D eigenvalue weighted by Crippen LogP contribution is 2.25. The molecule has 0 aliphatic carbocycles. The van der Waals surface area contributed by atoms with E-state index >= 15 is 0 Å². The van der Waals surface area contributed by atoms with Crippen LogP contribution >= 0.6 is 11.3 Å². The van der Waals surface area contributed by atoms with Crippen LogP contribution in [-0.2, 0) is 6.42 Å². The number of amides is 3. The molecule has 0 saturated heterocycles. The van der Waals surface area contributed by atoms with Crippen molar-refractivity contribution < 1.29 is 14.3 Å². The van der Waals surface area contributed by atoms with Crippen molar-refractivity contribution in [2.24, 2.45) is 0 Å². The minimum Gasteiger partial charge on any atom is -0.494 e. The number of carbonyl (C=O) groups excluding carboxylic acids is 2. The maximum Gasteiger partial charge on any atom is 0.325 e. The largest absolute Gasteiger partial charge is 0.494 e. The van der Waals surface area contributed by atoms with Crippen molar-refractivity contribution in [1.29, 1.82) is 0 Å². The van der Waals surface area contributed by atoms with Crippen LogP contribution in [0.1, 0.15) is 28.7 Å². The van der Waals surface area contributed by atoms with Gasteiger partial charge in [-0.2, -0.15) is 0 Å². The predicted molar refractivity (Wildman–Crippen MR) is 93.0 cm³/mol. The van der Waals surface area contributed by atoms with Crippen LogP contribution in [0.5, 0.6) is 5.75 Å². The van der Waals surface area contributed by atoms with Gasteiger partial charge in [0.1, 0.15) is 10.6 Å². The Morgan fingerprint density at radius 2 is 2.12 bits per heavy atom. The Morgan fingerprint density at radius 1 is 1.33 bits per heavy atom. The van der Waals surface area contributed by atoms with E-state index in [1.54, 1.807) is 24.3 Å². The summed E-state index contributed by atoms with van der Waals surface area (Å²) in [6, 6.07) is 6.69. The summed E-state index contributed by atoms with van der Waals surface area (Å²) in [4.78, 5) is 28.9. The molecule has 2 heterocycles. The number of benzene rings is 1. The van der Waals surface area contributed by atoms with Crippen LogP contribution in [0.15, 0.2) is 24.3 Å². The van der Waals surface area contributed by atoms with Crippen molar-refractivity contribution in [1.82, 2.24) is 10.3 Å². The topological polar surface area (TPSA) is 92.3 Å². The normalized spacial score (nSPS) is 13.5. The molecule has 7 nitrogen and oxygen atoms in total. The van der Waals surface area contributed by atoms with E-state index in [2.05, 4.69) is 20.9 Å². The molecule has 2 aromatic rings. The second-order valence-electron chi connectivity index (χ2n) is 5.19. The fraction of sp³-hybridized carbons (Fsp3) is 0.312. The number of aromatic nitrogens is 1. The molecule has 0 fully saturated rings. The zero-order valence-electron chi connectivity index (χ0n) is 13.2. The lowest BCUT2D eigenvalue weighted by Crippen LogP contribution is -2.21. The molecule has 1 aromatic carbocycles. The van der Waals surface area contributed by atoms with Crippen LogP contribution < -0.4 is 20.7 Å². The molecule has 1 aliphatic heterocycles. The number of ether oxygens (including phenoxy) is 1. The quantitative estimate of drug-likeness (QED) is 0.794. The molecule has 126 valence electrons. The van der Waals surface area contributed by atoms with Gasteiger partial charge in [0, 0.05) is 12.2 Å². The lowest BCUT2D eigenvalue weighted by molar-refractivity contribution is 0.0960. The Bertz CT molecular complexity index is 742. The van der Waals surface area contributed by atoms with E-state index in [4.69, 9.17) is 4.74 Å². The van der Waals surface area contributed by atoms with E-state index in [9.17, 15) is 9.59 Å². The summed E-state index contributed by atoms with van der Waals surface area (Å²) in [5, 5.41) is 8.63. The van der Waals surface area contributed by atoms with Gasteiger partial charge in [0.25, 0.3) is 5.91 Å². The Kier molecular flexibility index (Phi) is 4.95. The van der Waals surface area contributed by atoms with E-state index in [-0.39, 0.29) is 5.91 Å². The summed E-state index contributed by atoms with van der Waals surface area (Å²) >= 11 is 1.19. The smallest absolute Gasteiger partial charge is 0.325 e. The minimum atomic E-state index is -0.400. The first-order valence-electron chi connectivity index (χ1n) is 7.74. The third-order valence-corrected chi connectivity index (χ3v) is 4.43. The van der Waals surface area contributed by atoms with Gasteiger partial charge in [-0.3, -0.25) is 10.1 Å². The van der Waals surface area contributed by atoms with Crippen LogP contribution in [0.2, 0.25) is 0 Å². The molecule has 1 aromatic heterocycles. The van der Waals surface area contributed by atoms with Crippen LogP contribution in [0.3, 0.4) is 0 Å². The van der Waals surface area contributed by atoms with Gasteiger partial charge in [-0.15, -0.1) is 0 Å². The first-order chi connectivity index (χ1) is 11.7. The number of hydrogen-bond donors (Lipinski definition) is 3. The van der Waals surface area contributed by atoms with E-state index in [1.165, 1.54) is 11.3 Å². The Labute approximate surface area is 143 Å². The molecule has 1 aliphatic rings. The number of thiazole rings is 1. The van der Waals surface area contributed by atoms with Crippen molar-refractivity contribution in [2.45, 2.75) is 19.8 Å². The zero-order chi connectivity index (χ0) is 16.9. The highest BCUT2D eigenvalue weighted by atomic mass is 32.1. The molecule has 0 atom stereocenters. The van der Waals surface area contributed by atoms with E-state index in [0.29, 0.717) is 28.8 Å². The monoisotopic (exact) mass is 346 g/mol. The standard InChI is InChI=1S/C16H18N4O3S/c1-2-23-11-7-5-10(6-8-11)18-15(22)20-16-19-12-4-3-9-17-14(21)13(12)24-16/h5-8H,2-4,9H2,1H3,(H,17,21)(H2,18,19,20,22). The fourth-order valence-electron chi connectivity index (χ4n) is 2.35. The van der Waals surface area contributed by atoms with Gasteiger partial charge in [-0.25, -0.2) is 9.78 Å². The number of hydrogen-bond acceptors (Lipinski definition) is 5. The van der Waals surface area contributed by atoms with Gasteiger partial charge in [0.15, 0.2) is 5.13 Å². The highest BCUT2D eigenvalue weighted by molar-refractivity contribution is 7.17. The fourth-order valence-corrected chi connectivity index (χ4v) is 3.27. The Morgan fingerprint density at radius 3 is 2.88 bits per heavy atom. The van der Waals surface area contributed by atoms with Gasteiger partial charge < -0.3 is 15.4 Å². The number of anilines is 2. The number of urea groups is 1. The zero-order valence-corrected chi connectivity index (χ0v) is 14.0. The molecule has 3 amide bonds. The summed E-state index contributed by atoms with van der Waals surface area (Å²) in [5.41, 5.74) is 1.39. The number of fused-ring (bicyclic) bond motifs is 1. The van der Waals surface area contributed by atoms with Crippen molar-refractivity contribution >= 4 is 34.1 Å². The molecule has 0 saturated carbocycles. The van der Waals surface area contributed by atoms with Crippen LogP contribution in [0, 0.1) is 0 Å². The average Bonchev–Trinajstić information content (AvgIpc) is 2.88. The molecular formula is C16H18N4O3S. The second-order valence-corrected chi connectivity index (χ2v) is 6.19. The second kappa shape index (κ2) is 7.31. The molecule has 0 spiro atoms. The molecular weight excluding hydrogens is 328 g/mol. The molecule has 8 heteroatoms.